The van der Waals surface area contributed by atoms with Crippen molar-refractivity contribution in [2.75, 3.05) is 25.1 Å². The summed E-state index contributed by atoms with van der Waals surface area (Å²) in [5.41, 5.74) is 0. The standard InChI is InChI=1S/C13H19N3O3/c1-8(2)9-6-16(7-10(9)13(17)18)11-12(19-3)15-5-4-14-11/h4-5,8-10H,6-7H2,1-3H3,(H,17,18)/t9-,10+/m0/s1. The number of carboxylic acids is 1. The summed E-state index contributed by atoms with van der Waals surface area (Å²) >= 11 is 0. The van der Waals surface area contributed by atoms with Crippen LogP contribution in [-0.2, 0) is 4.79 Å². The molecule has 1 aliphatic heterocycles. The van der Waals surface area contributed by atoms with Crippen LogP contribution in [0.15, 0.2) is 12.4 Å². The average Bonchev–Trinajstić information content (AvgIpc) is 2.84. The number of nitrogens with zero attached hydrogens (tertiary/aromatic N) is 3. The SMILES string of the molecule is COc1nccnc1N1C[C@@H](C(=O)O)[C@H](C(C)C)C1. The number of hydrogen-bond donors (Lipinski definition) is 1. The third kappa shape index (κ3) is 2.62. The lowest BCUT2D eigenvalue weighted by atomic mass is 9.86. The zero-order valence-electron chi connectivity index (χ0n) is 11.4. The van der Waals surface area contributed by atoms with Gasteiger partial charge in [0, 0.05) is 25.5 Å². The molecule has 1 aromatic heterocycles. The van der Waals surface area contributed by atoms with Gasteiger partial charge in [-0.15, -0.1) is 0 Å². The van der Waals surface area contributed by atoms with Crippen molar-refractivity contribution in [3.05, 3.63) is 12.4 Å². The molecular formula is C13H19N3O3. The quantitative estimate of drug-likeness (QED) is 0.883. The number of rotatable bonds is 4. The maximum atomic E-state index is 11.4. The predicted molar refractivity (Wildman–Crippen MR) is 70.3 cm³/mol. The second-order valence-electron chi connectivity index (χ2n) is 5.15. The normalized spacial score (nSPS) is 22.8. The minimum atomic E-state index is -0.746. The van der Waals surface area contributed by atoms with Crippen molar-refractivity contribution in [2.45, 2.75) is 13.8 Å². The fourth-order valence-electron chi connectivity index (χ4n) is 2.62. The Balaban J connectivity index is 2.26. The van der Waals surface area contributed by atoms with Crippen molar-refractivity contribution in [3.8, 4) is 5.88 Å². The summed E-state index contributed by atoms with van der Waals surface area (Å²) in [5, 5.41) is 9.33. The first kappa shape index (κ1) is 13.6. The van der Waals surface area contributed by atoms with Crippen molar-refractivity contribution in [2.24, 2.45) is 17.8 Å². The summed E-state index contributed by atoms with van der Waals surface area (Å²) in [5.74, 6) is 0.379. The summed E-state index contributed by atoms with van der Waals surface area (Å²) in [7, 11) is 1.54. The van der Waals surface area contributed by atoms with Crippen molar-refractivity contribution in [1.29, 1.82) is 0 Å². The maximum absolute atomic E-state index is 11.4. The van der Waals surface area contributed by atoms with Crippen LogP contribution < -0.4 is 9.64 Å². The van der Waals surface area contributed by atoms with Gasteiger partial charge in [-0.05, 0) is 11.8 Å². The van der Waals surface area contributed by atoms with E-state index in [-0.39, 0.29) is 11.8 Å². The molecule has 19 heavy (non-hydrogen) atoms. The molecule has 0 bridgehead atoms. The number of hydrogen-bond acceptors (Lipinski definition) is 5. The van der Waals surface area contributed by atoms with E-state index in [2.05, 4.69) is 23.8 Å². The Labute approximate surface area is 112 Å². The largest absolute Gasteiger partial charge is 0.481 e. The van der Waals surface area contributed by atoms with E-state index in [9.17, 15) is 9.90 Å². The Morgan fingerprint density at radius 3 is 2.63 bits per heavy atom. The van der Waals surface area contributed by atoms with Crippen LogP contribution in [0.5, 0.6) is 5.88 Å². The molecule has 0 spiro atoms. The number of methoxy groups -OCH3 is 1. The number of carboxylic acid groups (broad SMARTS) is 1. The molecule has 1 saturated heterocycles. The lowest BCUT2D eigenvalue weighted by Crippen LogP contribution is -2.25. The van der Waals surface area contributed by atoms with E-state index in [1.807, 2.05) is 4.90 Å². The molecule has 1 N–H and O–H groups in total. The Kier molecular flexibility index (Phi) is 3.87. The van der Waals surface area contributed by atoms with Gasteiger partial charge in [0.2, 0.25) is 0 Å². The van der Waals surface area contributed by atoms with Gasteiger partial charge in [-0.2, -0.15) is 0 Å². The van der Waals surface area contributed by atoms with Gasteiger partial charge in [0.15, 0.2) is 5.82 Å². The molecule has 6 nitrogen and oxygen atoms in total. The van der Waals surface area contributed by atoms with E-state index >= 15 is 0 Å². The van der Waals surface area contributed by atoms with Gasteiger partial charge in [-0.25, -0.2) is 9.97 Å². The second-order valence-corrected chi connectivity index (χ2v) is 5.15. The van der Waals surface area contributed by atoms with Crippen molar-refractivity contribution in [1.82, 2.24) is 9.97 Å². The second kappa shape index (κ2) is 5.42. The number of aliphatic carboxylic acids is 1. The number of aromatic nitrogens is 2. The molecule has 1 aromatic rings. The van der Waals surface area contributed by atoms with Crippen LogP contribution in [0.3, 0.4) is 0 Å². The van der Waals surface area contributed by atoms with Crippen LogP contribution in [-0.4, -0.2) is 41.2 Å². The zero-order chi connectivity index (χ0) is 14.0. The van der Waals surface area contributed by atoms with Crippen molar-refractivity contribution in [3.63, 3.8) is 0 Å². The molecule has 1 fully saturated rings. The molecule has 0 aromatic carbocycles. The molecule has 104 valence electrons. The molecule has 2 heterocycles. The smallest absolute Gasteiger partial charge is 0.308 e. The van der Waals surface area contributed by atoms with Crippen LogP contribution in [0.2, 0.25) is 0 Å². The Morgan fingerprint density at radius 1 is 1.42 bits per heavy atom. The van der Waals surface area contributed by atoms with Crippen LogP contribution in [0.25, 0.3) is 0 Å². The van der Waals surface area contributed by atoms with Crippen molar-refractivity contribution < 1.29 is 14.6 Å². The Bertz CT molecular complexity index is 464. The molecule has 0 unspecified atom stereocenters. The minimum Gasteiger partial charge on any atom is -0.481 e. The first-order valence-electron chi connectivity index (χ1n) is 6.37. The molecule has 0 aliphatic carbocycles. The van der Waals surface area contributed by atoms with Crippen molar-refractivity contribution >= 4 is 11.8 Å². The monoisotopic (exact) mass is 265 g/mol. The van der Waals surface area contributed by atoms with Gasteiger partial charge < -0.3 is 14.7 Å². The van der Waals surface area contributed by atoms with E-state index in [0.29, 0.717) is 30.7 Å². The van der Waals surface area contributed by atoms with Gasteiger partial charge in [0.1, 0.15) is 0 Å². The summed E-state index contributed by atoms with van der Waals surface area (Å²) < 4.78 is 5.19. The molecule has 0 radical (unpaired) electrons. The van der Waals surface area contributed by atoms with E-state index in [1.165, 1.54) is 7.11 Å². The zero-order valence-corrected chi connectivity index (χ0v) is 11.4. The highest BCUT2D eigenvalue weighted by Gasteiger charge is 2.40. The number of carbonyl (C=O) groups is 1. The molecule has 6 heteroatoms. The average molecular weight is 265 g/mol. The van der Waals surface area contributed by atoms with Gasteiger partial charge in [-0.3, -0.25) is 4.79 Å². The van der Waals surface area contributed by atoms with Gasteiger partial charge in [-0.1, -0.05) is 13.8 Å². The van der Waals surface area contributed by atoms with E-state index < -0.39 is 5.97 Å². The number of ether oxygens (including phenoxy) is 1. The lowest BCUT2D eigenvalue weighted by molar-refractivity contribution is -0.142. The molecule has 0 amide bonds. The molecule has 1 aliphatic rings. The van der Waals surface area contributed by atoms with E-state index in [1.54, 1.807) is 12.4 Å². The van der Waals surface area contributed by atoms with Gasteiger partial charge in [0.25, 0.3) is 5.88 Å². The molecule has 2 rings (SSSR count). The Morgan fingerprint density at radius 2 is 2.11 bits per heavy atom. The first-order valence-corrected chi connectivity index (χ1v) is 6.37. The highest BCUT2D eigenvalue weighted by molar-refractivity contribution is 5.72. The molecule has 2 atom stereocenters. The third-order valence-electron chi connectivity index (χ3n) is 3.68. The van der Waals surface area contributed by atoms with Crippen LogP contribution in [0.4, 0.5) is 5.82 Å². The summed E-state index contributed by atoms with van der Waals surface area (Å²) in [6, 6.07) is 0. The third-order valence-corrected chi connectivity index (χ3v) is 3.68. The number of anilines is 1. The van der Waals surface area contributed by atoms with Crippen LogP contribution in [0, 0.1) is 17.8 Å². The molecule has 0 saturated carbocycles. The maximum Gasteiger partial charge on any atom is 0.308 e. The predicted octanol–water partition coefficient (Wildman–Crippen LogP) is 1.28. The highest BCUT2D eigenvalue weighted by Crippen LogP contribution is 2.34. The first-order chi connectivity index (χ1) is 9.04. The lowest BCUT2D eigenvalue weighted by Gasteiger charge is -2.20. The van der Waals surface area contributed by atoms with Gasteiger partial charge in [0.05, 0.1) is 13.0 Å². The minimum absolute atomic E-state index is 0.115. The topological polar surface area (TPSA) is 75.6 Å². The van der Waals surface area contributed by atoms with Crippen LogP contribution >= 0.6 is 0 Å². The molecular weight excluding hydrogens is 246 g/mol. The van der Waals surface area contributed by atoms with Gasteiger partial charge >= 0.3 is 5.97 Å². The summed E-state index contributed by atoms with van der Waals surface area (Å²) in [4.78, 5) is 21.7. The summed E-state index contributed by atoms with van der Waals surface area (Å²) in [6.07, 6.45) is 3.16. The van der Waals surface area contributed by atoms with E-state index in [4.69, 9.17) is 4.74 Å². The Hall–Kier alpha value is -1.85. The van der Waals surface area contributed by atoms with Crippen LogP contribution in [0.1, 0.15) is 13.8 Å². The summed E-state index contributed by atoms with van der Waals surface area (Å²) in [6.45, 7) is 5.23. The fraction of sp³-hybridized carbons (Fsp3) is 0.615. The highest BCUT2D eigenvalue weighted by atomic mass is 16.5. The van der Waals surface area contributed by atoms with E-state index in [0.717, 1.165) is 0 Å². The fourth-order valence-corrected chi connectivity index (χ4v) is 2.62.